The lowest BCUT2D eigenvalue weighted by Crippen LogP contribution is -2.12. The molecular weight excluding hydrogens is 813 g/mol. The third-order valence-corrected chi connectivity index (χ3v) is 14.4. The van der Waals surface area contributed by atoms with E-state index in [0.29, 0.717) is 5.92 Å². The van der Waals surface area contributed by atoms with Gasteiger partial charge in [-0.15, -0.1) is 0 Å². The summed E-state index contributed by atoms with van der Waals surface area (Å²) < 4.78 is 8.85. The second-order valence-electron chi connectivity index (χ2n) is 18.2. The van der Waals surface area contributed by atoms with Crippen LogP contribution in [-0.4, -0.2) is 4.57 Å². The van der Waals surface area contributed by atoms with Gasteiger partial charge >= 0.3 is 0 Å². The lowest BCUT2D eigenvalue weighted by atomic mass is 9.80. The number of hydrogen-bond donors (Lipinski definition) is 0. The summed E-state index contributed by atoms with van der Waals surface area (Å²) in [4.78, 5) is 2.48. The van der Waals surface area contributed by atoms with Crippen LogP contribution >= 0.6 is 0 Å². The van der Waals surface area contributed by atoms with Crippen LogP contribution in [-0.2, 0) is 0 Å². The van der Waals surface area contributed by atoms with Crippen LogP contribution in [0.4, 0.5) is 17.1 Å². The van der Waals surface area contributed by atoms with Gasteiger partial charge in [0.05, 0.1) is 16.7 Å². The van der Waals surface area contributed by atoms with Crippen LogP contribution in [0.1, 0.15) is 43.6 Å². The van der Waals surface area contributed by atoms with Crippen molar-refractivity contribution in [1.82, 2.24) is 4.57 Å². The van der Waals surface area contributed by atoms with E-state index < -0.39 is 0 Å². The van der Waals surface area contributed by atoms with Crippen LogP contribution in [0.3, 0.4) is 0 Å². The lowest BCUT2D eigenvalue weighted by Gasteiger charge is -2.30. The van der Waals surface area contributed by atoms with Crippen molar-refractivity contribution in [2.75, 3.05) is 4.90 Å². The van der Waals surface area contributed by atoms with E-state index in [1.807, 2.05) is 6.07 Å². The molecule has 67 heavy (non-hydrogen) atoms. The second-order valence-corrected chi connectivity index (χ2v) is 18.2. The predicted octanol–water partition coefficient (Wildman–Crippen LogP) is 18.4. The van der Waals surface area contributed by atoms with Crippen molar-refractivity contribution in [3.8, 4) is 39.1 Å². The molecule has 0 bridgehead atoms. The largest absolute Gasteiger partial charge is 0.456 e. The van der Waals surface area contributed by atoms with Gasteiger partial charge in [0.2, 0.25) is 0 Å². The van der Waals surface area contributed by atoms with E-state index in [1.165, 1.54) is 86.9 Å². The summed E-state index contributed by atoms with van der Waals surface area (Å²) in [6.45, 7) is 0. The minimum atomic E-state index is 0.563. The minimum Gasteiger partial charge on any atom is -0.456 e. The molecule has 2 heterocycles. The maximum Gasteiger partial charge on any atom is 0.136 e. The van der Waals surface area contributed by atoms with Gasteiger partial charge in [0.25, 0.3) is 0 Å². The molecule has 10 aromatic carbocycles. The van der Waals surface area contributed by atoms with Crippen LogP contribution in [0.15, 0.2) is 229 Å². The number of nitrogens with zero attached hydrogens (tertiary/aromatic N) is 2. The van der Waals surface area contributed by atoms with E-state index in [4.69, 9.17) is 4.42 Å². The van der Waals surface area contributed by atoms with Crippen molar-refractivity contribution >= 4 is 71.6 Å². The van der Waals surface area contributed by atoms with E-state index in [2.05, 4.69) is 228 Å². The highest BCUT2D eigenvalue weighted by atomic mass is 16.3. The van der Waals surface area contributed by atoms with Gasteiger partial charge in [0.15, 0.2) is 0 Å². The molecule has 1 aliphatic carbocycles. The molecule has 13 rings (SSSR count). The SMILES string of the molecule is c1ccc(-n2c3ccccc3c3cccc(-c4cccc(N(c5cccc(-c6ccc7c(c6)oc6ccccc67)c5)c5ccccc5-c5cccc6cccc(C7CCCCC7)c56)c4)c32)cc1. The first-order valence-corrected chi connectivity index (χ1v) is 23.9. The monoisotopic (exact) mass is 860 g/mol. The fourth-order valence-corrected chi connectivity index (χ4v) is 11.3. The van der Waals surface area contributed by atoms with Crippen molar-refractivity contribution in [3.05, 3.63) is 230 Å². The Morgan fingerprint density at radius 1 is 0.418 bits per heavy atom. The first-order chi connectivity index (χ1) is 33.2. The summed E-state index contributed by atoms with van der Waals surface area (Å²) in [6, 6.07) is 82.4. The van der Waals surface area contributed by atoms with Crippen molar-refractivity contribution in [2.45, 2.75) is 38.0 Å². The molecule has 0 atom stereocenters. The standard InChI is InChI=1S/C64H48N2O/c1-3-18-43(19-4-1)51-31-15-20-44-21-16-33-57(63(44)51)53-28-7-10-35-59(53)65(49-26-13-22-45(40-49)46-38-39-56-55-30-9-12-37-61(55)67-62(56)42-46)50-27-14-23-47(41-50)52-32-17-34-58-54-29-8-11-36-60(54)66(64(52)58)48-24-5-2-6-25-48/h2,5-17,20-43H,1,3-4,18-19H2. The number of aromatic nitrogens is 1. The summed E-state index contributed by atoms with van der Waals surface area (Å²) in [5.41, 5.74) is 17.2. The Balaban J connectivity index is 1.03. The lowest BCUT2D eigenvalue weighted by molar-refractivity contribution is 0.445. The molecule has 1 saturated carbocycles. The first-order valence-electron chi connectivity index (χ1n) is 23.9. The average Bonchev–Trinajstić information content (AvgIpc) is 3.95. The zero-order valence-corrected chi connectivity index (χ0v) is 37.3. The quantitative estimate of drug-likeness (QED) is 0.152. The number of furan rings is 1. The third kappa shape index (κ3) is 6.72. The van der Waals surface area contributed by atoms with Gasteiger partial charge in [0.1, 0.15) is 11.2 Å². The zero-order chi connectivity index (χ0) is 44.3. The molecule has 0 spiro atoms. The van der Waals surface area contributed by atoms with Gasteiger partial charge < -0.3 is 13.9 Å². The topological polar surface area (TPSA) is 21.3 Å². The Hall–Kier alpha value is -8.14. The molecular formula is C64H48N2O. The van der Waals surface area contributed by atoms with Crippen LogP contribution in [0.5, 0.6) is 0 Å². The van der Waals surface area contributed by atoms with Crippen molar-refractivity contribution in [3.63, 3.8) is 0 Å². The highest BCUT2D eigenvalue weighted by Crippen LogP contribution is 2.48. The first kappa shape index (κ1) is 39.2. The van der Waals surface area contributed by atoms with Crippen LogP contribution in [0, 0.1) is 0 Å². The molecule has 2 aromatic heterocycles. The Labute approximate surface area is 390 Å². The number of anilines is 3. The highest BCUT2D eigenvalue weighted by Gasteiger charge is 2.24. The molecule has 320 valence electrons. The van der Waals surface area contributed by atoms with Crippen LogP contribution in [0.2, 0.25) is 0 Å². The van der Waals surface area contributed by atoms with Gasteiger partial charge in [-0.2, -0.15) is 0 Å². The number of para-hydroxylation sites is 5. The molecule has 0 saturated heterocycles. The Morgan fingerprint density at radius 2 is 1.04 bits per heavy atom. The molecule has 0 radical (unpaired) electrons. The maximum absolute atomic E-state index is 6.41. The average molecular weight is 861 g/mol. The van der Waals surface area contributed by atoms with E-state index in [9.17, 15) is 0 Å². The molecule has 0 unspecified atom stereocenters. The van der Waals surface area contributed by atoms with Gasteiger partial charge in [0, 0.05) is 49.7 Å². The Kier molecular flexibility index (Phi) is 9.60. The summed E-state index contributed by atoms with van der Waals surface area (Å²) in [5.74, 6) is 0.563. The van der Waals surface area contributed by atoms with Crippen molar-refractivity contribution in [1.29, 1.82) is 0 Å². The van der Waals surface area contributed by atoms with Crippen LogP contribution in [0.25, 0.3) is 93.6 Å². The number of fused-ring (bicyclic) bond motifs is 7. The molecule has 3 nitrogen and oxygen atoms in total. The molecule has 0 amide bonds. The van der Waals surface area contributed by atoms with Crippen LogP contribution < -0.4 is 4.90 Å². The van der Waals surface area contributed by atoms with Gasteiger partial charge in [-0.05, 0) is 124 Å². The normalized spacial score (nSPS) is 13.3. The summed E-state index contributed by atoms with van der Waals surface area (Å²) in [6.07, 6.45) is 6.42. The van der Waals surface area contributed by atoms with Crippen molar-refractivity contribution in [2.24, 2.45) is 0 Å². The van der Waals surface area contributed by atoms with Gasteiger partial charge in [-0.1, -0.05) is 177 Å². The smallest absolute Gasteiger partial charge is 0.136 e. The third-order valence-electron chi connectivity index (χ3n) is 14.4. The molecule has 1 fully saturated rings. The van der Waals surface area contributed by atoms with Gasteiger partial charge in [-0.25, -0.2) is 0 Å². The second kappa shape index (κ2) is 16.4. The molecule has 0 aliphatic heterocycles. The highest BCUT2D eigenvalue weighted by molar-refractivity contribution is 6.14. The molecule has 0 N–H and O–H groups in total. The summed E-state index contributed by atoms with van der Waals surface area (Å²) in [7, 11) is 0. The number of rotatable bonds is 8. The fourth-order valence-electron chi connectivity index (χ4n) is 11.3. The summed E-state index contributed by atoms with van der Waals surface area (Å²) in [5, 5.41) is 7.44. The van der Waals surface area contributed by atoms with Gasteiger partial charge in [-0.3, -0.25) is 0 Å². The minimum absolute atomic E-state index is 0.563. The number of benzene rings is 10. The molecule has 1 aliphatic rings. The van der Waals surface area contributed by atoms with E-state index in [0.717, 1.165) is 61.4 Å². The van der Waals surface area contributed by atoms with E-state index in [-0.39, 0.29) is 0 Å². The summed E-state index contributed by atoms with van der Waals surface area (Å²) >= 11 is 0. The Bertz CT molecular complexity index is 3810. The maximum atomic E-state index is 6.41. The van der Waals surface area contributed by atoms with E-state index >= 15 is 0 Å². The van der Waals surface area contributed by atoms with E-state index in [1.54, 1.807) is 0 Å². The fraction of sp³-hybridized carbons (Fsp3) is 0.0938. The van der Waals surface area contributed by atoms with Crippen molar-refractivity contribution < 1.29 is 4.42 Å². The number of hydrogen-bond acceptors (Lipinski definition) is 2. The zero-order valence-electron chi connectivity index (χ0n) is 37.3. The predicted molar refractivity (Wildman–Crippen MR) is 282 cm³/mol. The molecule has 3 heteroatoms. The Morgan fingerprint density at radius 3 is 1.91 bits per heavy atom. The molecule has 12 aromatic rings.